The minimum Gasteiger partial charge on any atom is -0.309 e. The van der Waals surface area contributed by atoms with Gasteiger partial charge in [-0.15, -0.1) is 0 Å². The molecule has 13 rings (SSSR count). The van der Waals surface area contributed by atoms with E-state index in [2.05, 4.69) is 229 Å². The lowest BCUT2D eigenvalue weighted by Gasteiger charge is -2.16. The first-order valence-electron chi connectivity index (χ1n) is 23.2. The second-order valence-corrected chi connectivity index (χ2v) is 17.3. The number of hydrogen-bond donors (Lipinski definition) is 0. The van der Waals surface area contributed by atoms with Gasteiger partial charge in [0, 0.05) is 70.4 Å². The average molecular weight is 883 g/mol. The third kappa shape index (κ3) is 6.93. The van der Waals surface area contributed by atoms with E-state index in [-0.39, 0.29) is 0 Å². The van der Waals surface area contributed by atoms with E-state index in [0.29, 0.717) is 0 Å². The minimum atomic E-state index is 1.08. The van der Waals surface area contributed by atoms with Crippen LogP contribution in [0.4, 0.5) is 0 Å². The Morgan fingerprint density at radius 3 is 0.739 bits per heavy atom. The van der Waals surface area contributed by atoms with Gasteiger partial charge in [-0.05, 0) is 123 Å². The summed E-state index contributed by atoms with van der Waals surface area (Å²) < 4.78 is 7.43. The van der Waals surface area contributed by atoms with Crippen molar-refractivity contribution in [3.63, 3.8) is 0 Å². The molecule has 6 nitrogen and oxygen atoms in total. The SMILES string of the molecule is c1ccc(-n2c(-c3ccc(-c4cccnc4)cc3)cc3c2c2cc(-c4ccc(-c5cccnc5)cc4)n(-c4ccccc4)c2c2cc(-c4ccc(-c5cccnc5)cc4)n(-c4ccccc4)c32)cc1. The zero-order valence-electron chi connectivity index (χ0n) is 37.4. The minimum absolute atomic E-state index is 1.08. The molecule has 7 aromatic carbocycles. The van der Waals surface area contributed by atoms with Gasteiger partial charge in [-0.25, -0.2) is 0 Å². The van der Waals surface area contributed by atoms with Gasteiger partial charge in [-0.2, -0.15) is 0 Å². The van der Waals surface area contributed by atoms with Crippen LogP contribution in [0, 0.1) is 0 Å². The molecule has 13 aromatic rings. The number of hydrogen-bond acceptors (Lipinski definition) is 3. The molecule has 6 heterocycles. The third-order valence-electron chi connectivity index (χ3n) is 13.3. The number of nitrogens with zero attached hydrogens (tertiary/aromatic N) is 6. The van der Waals surface area contributed by atoms with Crippen molar-refractivity contribution in [1.82, 2.24) is 28.7 Å². The summed E-state index contributed by atoms with van der Waals surface area (Å²) in [5.41, 5.74) is 19.9. The van der Waals surface area contributed by atoms with E-state index in [1.54, 1.807) is 0 Å². The van der Waals surface area contributed by atoms with Gasteiger partial charge < -0.3 is 13.7 Å². The van der Waals surface area contributed by atoms with E-state index < -0.39 is 0 Å². The van der Waals surface area contributed by atoms with Crippen LogP contribution in [0.5, 0.6) is 0 Å². The quantitative estimate of drug-likeness (QED) is 0.145. The molecule has 0 aliphatic heterocycles. The number of pyridine rings is 3. The van der Waals surface area contributed by atoms with Gasteiger partial charge >= 0.3 is 0 Å². The molecule has 324 valence electrons. The molecule has 0 bridgehead atoms. The van der Waals surface area contributed by atoms with Crippen LogP contribution >= 0.6 is 0 Å². The molecule has 0 N–H and O–H groups in total. The Morgan fingerprint density at radius 2 is 0.493 bits per heavy atom. The maximum atomic E-state index is 4.41. The highest BCUT2D eigenvalue weighted by Crippen LogP contribution is 2.48. The van der Waals surface area contributed by atoms with Crippen LogP contribution in [0.1, 0.15) is 0 Å². The van der Waals surface area contributed by atoms with E-state index in [0.717, 1.165) is 117 Å². The standard InChI is InChI=1S/C63H42N6/c1-4-16-52(17-5-1)67-58(46-28-22-43(23-29-46)49-13-10-34-64-40-49)37-55-61(67)56-38-59(47-30-24-44(25-31-47)50-14-11-35-65-41-50)68(53-18-6-2-7-19-53)63(56)57-39-60(69(62(55)57)54-20-8-3-9-21-54)48-32-26-45(27-33-48)51-15-12-36-66-42-51/h1-42H. The smallest absolute Gasteiger partial charge is 0.0650 e. The van der Waals surface area contributed by atoms with Crippen LogP contribution in [0.25, 0.3) is 117 Å². The molecule has 0 fully saturated rings. The molecule has 0 saturated heterocycles. The largest absolute Gasteiger partial charge is 0.309 e. The number of rotatable bonds is 9. The van der Waals surface area contributed by atoms with Crippen molar-refractivity contribution in [2.24, 2.45) is 0 Å². The second kappa shape index (κ2) is 16.8. The molecule has 0 aliphatic rings. The maximum Gasteiger partial charge on any atom is 0.0650 e. The molecule has 0 radical (unpaired) electrons. The predicted molar refractivity (Wildman–Crippen MR) is 283 cm³/mol. The Labute approximate surface area is 399 Å². The molecular weight excluding hydrogens is 841 g/mol. The van der Waals surface area contributed by atoms with Crippen molar-refractivity contribution in [2.45, 2.75) is 0 Å². The number of aromatic nitrogens is 6. The van der Waals surface area contributed by atoms with Crippen LogP contribution < -0.4 is 0 Å². The highest BCUT2D eigenvalue weighted by Gasteiger charge is 2.27. The number of para-hydroxylation sites is 3. The van der Waals surface area contributed by atoms with Gasteiger partial charge in [0.15, 0.2) is 0 Å². The normalized spacial score (nSPS) is 11.5. The lowest BCUT2D eigenvalue weighted by molar-refractivity contribution is 1.13. The summed E-state index contributed by atoms with van der Waals surface area (Å²) in [6, 6.07) is 78.8. The molecule has 0 spiro atoms. The van der Waals surface area contributed by atoms with Gasteiger partial charge in [0.25, 0.3) is 0 Å². The van der Waals surface area contributed by atoms with Crippen LogP contribution in [0.3, 0.4) is 0 Å². The Bertz CT molecular complexity index is 3470. The van der Waals surface area contributed by atoms with Gasteiger partial charge in [-0.1, -0.05) is 146 Å². The Kier molecular flexibility index (Phi) is 9.72. The lowest BCUT2D eigenvalue weighted by Crippen LogP contribution is -2.00. The fourth-order valence-corrected chi connectivity index (χ4v) is 10.1. The van der Waals surface area contributed by atoms with Crippen molar-refractivity contribution >= 4 is 32.7 Å². The summed E-state index contributed by atoms with van der Waals surface area (Å²) >= 11 is 0. The predicted octanol–water partition coefficient (Wildman–Crippen LogP) is 15.7. The summed E-state index contributed by atoms with van der Waals surface area (Å²) in [5, 5.41) is 3.45. The summed E-state index contributed by atoms with van der Waals surface area (Å²) in [7, 11) is 0. The number of benzene rings is 7. The molecule has 6 aromatic heterocycles. The first kappa shape index (κ1) is 39.9. The molecule has 0 unspecified atom stereocenters. The topological polar surface area (TPSA) is 53.5 Å². The summed E-state index contributed by atoms with van der Waals surface area (Å²) in [4.78, 5) is 13.2. The van der Waals surface area contributed by atoms with Crippen molar-refractivity contribution in [3.05, 3.63) is 256 Å². The molecule has 0 saturated carbocycles. The molecule has 0 amide bonds. The molecule has 0 aliphatic carbocycles. The van der Waals surface area contributed by atoms with Crippen molar-refractivity contribution in [2.75, 3.05) is 0 Å². The Morgan fingerprint density at radius 1 is 0.232 bits per heavy atom. The van der Waals surface area contributed by atoms with Gasteiger partial charge in [0.1, 0.15) is 0 Å². The van der Waals surface area contributed by atoms with Crippen LogP contribution in [-0.4, -0.2) is 28.7 Å². The molecule has 6 heteroatoms. The van der Waals surface area contributed by atoms with E-state index in [9.17, 15) is 0 Å². The Balaban J connectivity index is 1.17. The van der Waals surface area contributed by atoms with Crippen molar-refractivity contribution in [3.8, 4) is 84.2 Å². The van der Waals surface area contributed by atoms with Crippen molar-refractivity contribution < 1.29 is 0 Å². The third-order valence-corrected chi connectivity index (χ3v) is 13.3. The zero-order chi connectivity index (χ0) is 45.7. The molecule has 69 heavy (non-hydrogen) atoms. The first-order chi connectivity index (χ1) is 34.2. The van der Waals surface area contributed by atoms with Gasteiger partial charge in [0.2, 0.25) is 0 Å². The fourth-order valence-electron chi connectivity index (χ4n) is 10.1. The number of fused-ring (bicyclic) bond motifs is 6. The maximum absolute atomic E-state index is 4.41. The van der Waals surface area contributed by atoms with Gasteiger partial charge in [0.05, 0.1) is 33.6 Å². The first-order valence-corrected chi connectivity index (χ1v) is 23.2. The van der Waals surface area contributed by atoms with Crippen LogP contribution in [-0.2, 0) is 0 Å². The lowest BCUT2D eigenvalue weighted by atomic mass is 10.0. The van der Waals surface area contributed by atoms with Gasteiger partial charge in [-0.3, -0.25) is 15.0 Å². The van der Waals surface area contributed by atoms with E-state index in [1.807, 2.05) is 55.4 Å². The fraction of sp³-hybridized carbons (Fsp3) is 0. The van der Waals surface area contributed by atoms with Crippen LogP contribution in [0.2, 0.25) is 0 Å². The summed E-state index contributed by atoms with van der Waals surface area (Å²) in [5.74, 6) is 0. The van der Waals surface area contributed by atoms with Crippen molar-refractivity contribution in [1.29, 1.82) is 0 Å². The zero-order valence-corrected chi connectivity index (χ0v) is 37.4. The van der Waals surface area contributed by atoms with Crippen LogP contribution in [0.15, 0.2) is 256 Å². The molecular formula is C63H42N6. The summed E-state index contributed by atoms with van der Waals surface area (Å²) in [6.45, 7) is 0. The Hall–Kier alpha value is -9.39. The van der Waals surface area contributed by atoms with E-state index in [4.69, 9.17) is 0 Å². The van der Waals surface area contributed by atoms with E-state index in [1.165, 1.54) is 0 Å². The summed E-state index contributed by atoms with van der Waals surface area (Å²) in [6.07, 6.45) is 11.2. The average Bonchev–Trinajstić information content (AvgIpc) is 4.16. The molecule has 0 atom stereocenters. The second-order valence-electron chi connectivity index (χ2n) is 17.3. The highest BCUT2D eigenvalue weighted by molar-refractivity contribution is 6.27. The highest BCUT2D eigenvalue weighted by atomic mass is 15.1. The monoisotopic (exact) mass is 882 g/mol. The van der Waals surface area contributed by atoms with E-state index >= 15 is 0 Å².